The number of methoxy groups -OCH3 is 1. The van der Waals surface area contributed by atoms with Crippen molar-refractivity contribution < 1.29 is 14.3 Å². The van der Waals surface area contributed by atoms with Crippen molar-refractivity contribution in [2.75, 3.05) is 22.8 Å². The van der Waals surface area contributed by atoms with Crippen LogP contribution < -0.4 is 25.8 Å². The summed E-state index contributed by atoms with van der Waals surface area (Å²) in [6.45, 7) is 1.96. The second-order valence-electron chi connectivity index (χ2n) is 7.45. The zero-order chi connectivity index (χ0) is 24.8. The normalized spacial score (nSPS) is 10.4. The molecule has 0 saturated heterocycles. The maximum absolute atomic E-state index is 13.2. The fraction of sp³-hybridized carbons (Fsp3) is 0.0800. The van der Waals surface area contributed by atoms with Crippen molar-refractivity contribution in [1.82, 2.24) is 10.4 Å². The lowest BCUT2D eigenvalue weighted by Gasteiger charge is -2.21. The number of ether oxygens (including phenoxy) is 1. The Labute approximate surface area is 211 Å². The molecule has 4 amide bonds. The number of amides is 4. The van der Waals surface area contributed by atoms with E-state index in [1.54, 1.807) is 43.5 Å². The fourth-order valence-electron chi connectivity index (χ4n) is 3.06. The molecule has 178 valence electrons. The maximum atomic E-state index is 13.2. The number of halogens is 1. The Kier molecular flexibility index (Phi) is 7.49. The topological polar surface area (TPSA) is 95.6 Å². The molecule has 8 nitrogen and oxygen atoms in total. The quantitative estimate of drug-likeness (QED) is 0.267. The van der Waals surface area contributed by atoms with Crippen LogP contribution in [0.15, 0.2) is 78.2 Å². The molecule has 3 N–H and O–H groups in total. The summed E-state index contributed by atoms with van der Waals surface area (Å²) in [4.78, 5) is 30.4. The minimum Gasteiger partial charge on any atom is -0.497 e. The van der Waals surface area contributed by atoms with Crippen LogP contribution in [0.1, 0.15) is 5.56 Å². The molecule has 35 heavy (non-hydrogen) atoms. The van der Waals surface area contributed by atoms with E-state index in [4.69, 9.17) is 16.3 Å². The van der Waals surface area contributed by atoms with Crippen LogP contribution in [-0.2, 0) is 0 Å². The smallest absolute Gasteiger partial charge is 0.347 e. The largest absolute Gasteiger partial charge is 0.497 e. The van der Waals surface area contributed by atoms with Gasteiger partial charge in [0, 0.05) is 27.3 Å². The molecule has 0 spiro atoms. The van der Waals surface area contributed by atoms with Gasteiger partial charge in [0.25, 0.3) is 0 Å². The first-order valence-electron chi connectivity index (χ1n) is 10.5. The number of hydrogen-bond acceptors (Lipinski definition) is 5. The number of carbonyl (C=O) groups is 2. The van der Waals surface area contributed by atoms with E-state index in [1.165, 1.54) is 11.3 Å². The van der Waals surface area contributed by atoms with Crippen molar-refractivity contribution in [3.63, 3.8) is 0 Å². The minimum absolute atomic E-state index is 0.284. The molecule has 0 unspecified atom stereocenters. The van der Waals surface area contributed by atoms with Gasteiger partial charge in [-0.05, 0) is 67.6 Å². The second-order valence-corrected chi connectivity index (χ2v) is 8.72. The SMILES string of the molecule is COc1ccc(-c2csc(N(NC(=O)Nc3ccc(Cl)cc3)C(=O)Nc3ccc(C)cc3)n2)cc1. The fourth-order valence-corrected chi connectivity index (χ4v) is 3.97. The molecule has 0 atom stereocenters. The third kappa shape index (κ3) is 6.28. The molecule has 4 aromatic rings. The molecule has 0 aliphatic rings. The number of aryl methyl sites for hydroxylation is 1. The molecule has 0 aliphatic heterocycles. The van der Waals surface area contributed by atoms with Crippen LogP contribution in [0.25, 0.3) is 11.3 Å². The molecule has 1 aromatic heterocycles. The van der Waals surface area contributed by atoms with Crippen LogP contribution in [0.5, 0.6) is 5.75 Å². The van der Waals surface area contributed by atoms with Gasteiger partial charge in [-0.15, -0.1) is 11.3 Å². The Morgan fingerprint density at radius 3 is 2.20 bits per heavy atom. The number of benzene rings is 3. The van der Waals surface area contributed by atoms with Gasteiger partial charge in [-0.25, -0.2) is 20.0 Å². The molecule has 10 heteroatoms. The molecule has 0 saturated carbocycles. The van der Waals surface area contributed by atoms with Gasteiger partial charge in [-0.1, -0.05) is 29.3 Å². The lowest BCUT2D eigenvalue weighted by atomic mass is 10.2. The number of nitrogens with zero attached hydrogens (tertiary/aromatic N) is 2. The summed E-state index contributed by atoms with van der Waals surface area (Å²) in [7, 11) is 1.60. The van der Waals surface area contributed by atoms with Gasteiger partial charge in [0.05, 0.1) is 12.8 Å². The number of nitrogens with one attached hydrogen (secondary N) is 3. The van der Waals surface area contributed by atoms with Crippen molar-refractivity contribution in [3.8, 4) is 17.0 Å². The summed E-state index contributed by atoms with van der Waals surface area (Å²) in [6.07, 6.45) is 0. The van der Waals surface area contributed by atoms with Gasteiger partial charge in [0.2, 0.25) is 5.13 Å². The first-order valence-corrected chi connectivity index (χ1v) is 11.8. The van der Waals surface area contributed by atoms with Crippen LogP contribution in [-0.4, -0.2) is 24.2 Å². The highest BCUT2D eigenvalue weighted by Gasteiger charge is 2.22. The third-order valence-corrected chi connectivity index (χ3v) is 5.97. The van der Waals surface area contributed by atoms with E-state index in [9.17, 15) is 9.59 Å². The van der Waals surface area contributed by atoms with E-state index in [0.29, 0.717) is 22.1 Å². The predicted octanol–water partition coefficient (Wildman–Crippen LogP) is 6.56. The van der Waals surface area contributed by atoms with Gasteiger partial charge in [-0.3, -0.25) is 0 Å². The first-order chi connectivity index (χ1) is 16.9. The number of anilines is 3. The number of urea groups is 2. The van der Waals surface area contributed by atoms with E-state index in [2.05, 4.69) is 21.0 Å². The predicted molar refractivity (Wildman–Crippen MR) is 140 cm³/mol. The van der Waals surface area contributed by atoms with Crippen LogP contribution in [0.3, 0.4) is 0 Å². The zero-order valence-electron chi connectivity index (χ0n) is 18.9. The average Bonchev–Trinajstić information content (AvgIpc) is 3.35. The Morgan fingerprint density at radius 1 is 0.914 bits per heavy atom. The lowest BCUT2D eigenvalue weighted by molar-refractivity contribution is 0.243. The summed E-state index contributed by atoms with van der Waals surface area (Å²) in [5.74, 6) is 0.726. The van der Waals surface area contributed by atoms with E-state index in [-0.39, 0.29) is 5.13 Å². The monoisotopic (exact) mass is 507 g/mol. The molecule has 3 aromatic carbocycles. The van der Waals surface area contributed by atoms with E-state index >= 15 is 0 Å². The molecule has 0 radical (unpaired) electrons. The molecular weight excluding hydrogens is 486 g/mol. The number of carbonyl (C=O) groups excluding carboxylic acids is 2. The van der Waals surface area contributed by atoms with Crippen molar-refractivity contribution in [3.05, 3.63) is 88.8 Å². The van der Waals surface area contributed by atoms with Crippen LogP contribution in [0.4, 0.5) is 26.1 Å². The highest BCUT2D eigenvalue weighted by molar-refractivity contribution is 7.14. The summed E-state index contributed by atoms with van der Waals surface area (Å²) < 4.78 is 5.20. The molecular formula is C25H22ClN5O3S. The zero-order valence-corrected chi connectivity index (χ0v) is 20.5. The first kappa shape index (κ1) is 24.1. The highest BCUT2D eigenvalue weighted by Crippen LogP contribution is 2.28. The van der Waals surface area contributed by atoms with Crippen molar-refractivity contribution in [2.45, 2.75) is 6.92 Å². The van der Waals surface area contributed by atoms with Gasteiger partial charge in [0.15, 0.2) is 0 Å². The Bertz CT molecular complexity index is 1310. The standard InChI is InChI=1S/C25H22ClN5O3S/c1-16-3-9-20(10-4-16)28-24(33)31(30-23(32)27-19-11-7-18(26)8-12-19)25-29-22(15-35-25)17-5-13-21(34-2)14-6-17/h3-15H,1-2H3,(H,28,33)(H2,27,30,32). The van der Waals surface area contributed by atoms with E-state index in [1.807, 2.05) is 48.7 Å². The molecule has 1 heterocycles. The number of aromatic nitrogens is 1. The van der Waals surface area contributed by atoms with Crippen LogP contribution in [0, 0.1) is 6.92 Å². The minimum atomic E-state index is -0.618. The number of hydrazine groups is 1. The van der Waals surface area contributed by atoms with Crippen molar-refractivity contribution >= 4 is 51.5 Å². The maximum Gasteiger partial charge on any atom is 0.347 e. The molecule has 0 bridgehead atoms. The van der Waals surface area contributed by atoms with E-state index < -0.39 is 12.1 Å². The summed E-state index contributed by atoms with van der Waals surface area (Å²) in [5.41, 5.74) is 6.23. The van der Waals surface area contributed by atoms with Gasteiger partial charge < -0.3 is 15.4 Å². The van der Waals surface area contributed by atoms with Gasteiger partial charge in [0.1, 0.15) is 5.75 Å². The third-order valence-electron chi connectivity index (χ3n) is 4.89. The number of hydrogen-bond donors (Lipinski definition) is 3. The Balaban J connectivity index is 1.56. The summed E-state index contributed by atoms with van der Waals surface area (Å²) in [5, 5.41) is 9.17. The highest BCUT2D eigenvalue weighted by atomic mass is 35.5. The number of rotatable bonds is 5. The Morgan fingerprint density at radius 2 is 1.54 bits per heavy atom. The lowest BCUT2D eigenvalue weighted by Crippen LogP contribution is -2.50. The summed E-state index contributed by atoms with van der Waals surface area (Å²) >= 11 is 7.12. The molecule has 0 fully saturated rings. The van der Waals surface area contributed by atoms with Crippen molar-refractivity contribution in [2.24, 2.45) is 0 Å². The second kappa shape index (κ2) is 10.9. The molecule has 0 aliphatic carbocycles. The van der Waals surface area contributed by atoms with E-state index in [0.717, 1.165) is 21.9 Å². The summed E-state index contributed by atoms with van der Waals surface area (Å²) in [6, 6.07) is 20.1. The average molecular weight is 508 g/mol. The van der Waals surface area contributed by atoms with Crippen LogP contribution >= 0.6 is 22.9 Å². The van der Waals surface area contributed by atoms with Crippen molar-refractivity contribution in [1.29, 1.82) is 0 Å². The number of thiazole rings is 1. The Hall–Kier alpha value is -4.08. The molecule has 4 rings (SSSR count). The van der Waals surface area contributed by atoms with Crippen LogP contribution in [0.2, 0.25) is 5.02 Å². The van der Waals surface area contributed by atoms with Gasteiger partial charge in [-0.2, -0.15) is 5.01 Å². The van der Waals surface area contributed by atoms with Gasteiger partial charge >= 0.3 is 12.1 Å².